The van der Waals surface area contributed by atoms with E-state index in [1.807, 2.05) is 26.0 Å². The Morgan fingerprint density at radius 2 is 2.29 bits per heavy atom. The minimum absolute atomic E-state index is 0.00559. The minimum Gasteiger partial charge on any atom is -0.377 e. The third-order valence-corrected chi connectivity index (χ3v) is 3.63. The molecular formula is C16H23N5O3. The number of hydrogen-bond acceptors (Lipinski definition) is 6. The van der Waals surface area contributed by atoms with Gasteiger partial charge in [0.2, 0.25) is 5.89 Å². The van der Waals surface area contributed by atoms with Gasteiger partial charge in [-0.05, 0) is 31.5 Å². The van der Waals surface area contributed by atoms with Gasteiger partial charge in [-0.2, -0.15) is 4.98 Å². The Kier molecular flexibility index (Phi) is 6.25. The van der Waals surface area contributed by atoms with E-state index in [0.29, 0.717) is 18.1 Å². The molecule has 1 N–H and O–H groups in total. The summed E-state index contributed by atoms with van der Waals surface area (Å²) in [4.78, 5) is 22.3. The van der Waals surface area contributed by atoms with Crippen LogP contribution in [-0.2, 0) is 24.3 Å². The molecule has 0 aliphatic carbocycles. The first-order chi connectivity index (χ1) is 11.5. The first kappa shape index (κ1) is 17.9. The van der Waals surface area contributed by atoms with Gasteiger partial charge in [0.25, 0.3) is 0 Å². The van der Waals surface area contributed by atoms with Crippen molar-refractivity contribution in [3.05, 3.63) is 41.3 Å². The zero-order valence-electron chi connectivity index (χ0n) is 14.4. The fourth-order valence-electron chi connectivity index (χ4n) is 2.18. The maximum absolute atomic E-state index is 12.2. The molecule has 0 aliphatic heterocycles. The average Bonchev–Trinajstić information content (AvgIpc) is 3.00. The zero-order valence-corrected chi connectivity index (χ0v) is 14.4. The molecular weight excluding hydrogens is 310 g/mol. The molecule has 2 amide bonds. The lowest BCUT2D eigenvalue weighted by Gasteiger charge is -2.24. The normalized spacial score (nSPS) is 12.0. The second-order valence-corrected chi connectivity index (χ2v) is 5.68. The summed E-state index contributed by atoms with van der Waals surface area (Å²) in [5, 5.41) is 6.51. The number of likely N-dealkylation sites (N-methyl/N-ethyl adjacent to an activating group) is 1. The Bertz CT molecular complexity index is 673. The second kappa shape index (κ2) is 8.39. The van der Waals surface area contributed by atoms with Crippen molar-refractivity contribution < 1.29 is 14.1 Å². The highest BCUT2D eigenvalue weighted by Gasteiger charge is 2.17. The van der Waals surface area contributed by atoms with E-state index in [4.69, 9.17) is 9.26 Å². The van der Waals surface area contributed by atoms with E-state index in [1.54, 1.807) is 25.3 Å². The molecule has 0 spiro atoms. The lowest BCUT2D eigenvalue weighted by molar-refractivity contribution is 0.174. The van der Waals surface area contributed by atoms with E-state index in [9.17, 15) is 4.79 Å². The van der Waals surface area contributed by atoms with Crippen molar-refractivity contribution >= 4 is 6.03 Å². The molecule has 2 heterocycles. The number of nitrogens with zero attached hydrogens (tertiary/aromatic N) is 4. The number of urea groups is 1. The summed E-state index contributed by atoms with van der Waals surface area (Å²) in [5.74, 6) is 0.797. The maximum atomic E-state index is 12.2. The molecule has 2 aromatic heterocycles. The van der Waals surface area contributed by atoms with Crippen LogP contribution in [0, 0.1) is 6.92 Å². The predicted octanol–water partition coefficient (Wildman–Crippen LogP) is 1.69. The van der Waals surface area contributed by atoms with Gasteiger partial charge in [-0.25, -0.2) is 4.79 Å². The van der Waals surface area contributed by atoms with Crippen molar-refractivity contribution in [2.45, 2.75) is 39.5 Å². The number of rotatable bonds is 7. The topological polar surface area (TPSA) is 93.4 Å². The van der Waals surface area contributed by atoms with Crippen molar-refractivity contribution in [1.29, 1.82) is 0 Å². The highest BCUT2D eigenvalue weighted by atomic mass is 16.5. The van der Waals surface area contributed by atoms with Crippen LogP contribution >= 0.6 is 0 Å². The molecule has 0 saturated heterocycles. The summed E-state index contributed by atoms with van der Waals surface area (Å²) < 4.78 is 9.95. The number of ether oxygens (including phenoxy) is 1. The Balaban J connectivity index is 1.84. The van der Waals surface area contributed by atoms with Gasteiger partial charge in [-0.15, -0.1) is 0 Å². The molecule has 1 unspecified atom stereocenters. The van der Waals surface area contributed by atoms with Crippen molar-refractivity contribution in [2.75, 3.05) is 14.2 Å². The number of pyridine rings is 1. The molecule has 8 heteroatoms. The van der Waals surface area contributed by atoms with E-state index in [2.05, 4.69) is 20.4 Å². The lowest BCUT2D eigenvalue weighted by Crippen LogP contribution is -2.43. The van der Waals surface area contributed by atoms with E-state index in [1.165, 1.54) is 0 Å². The van der Waals surface area contributed by atoms with Crippen molar-refractivity contribution in [3.63, 3.8) is 0 Å². The third kappa shape index (κ3) is 5.02. The van der Waals surface area contributed by atoms with E-state index in [0.717, 1.165) is 11.3 Å². The maximum Gasteiger partial charge on any atom is 0.317 e. The number of nitrogens with one attached hydrogen (secondary N) is 1. The molecule has 0 fully saturated rings. The smallest absolute Gasteiger partial charge is 0.317 e. The van der Waals surface area contributed by atoms with Gasteiger partial charge < -0.3 is 19.5 Å². The van der Waals surface area contributed by atoms with Crippen LogP contribution in [0.15, 0.2) is 22.9 Å². The summed E-state index contributed by atoms with van der Waals surface area (Å²) in [6.07, 6.45) is 2.47. The quantitative estimate of drug-likeness (QED) is 0.829. The predicted molar refractivity (Wildman–Crippen MR) is 87.1 cm³/mol. The molecule has 0 saturated carbocycles. The molecule has 8 nitrogen and oxygen atoms in total. The van der Waals surface area contributed by atoms with Crippen LogP contribution in [0.2, 0.25) is 0 Å². The Morgan fingerprint density at radius 1 is 1.50 bits per heavy atom. The van der Waals surface area contributed by atoms with Gasteiger partial charge in [0.05, 0.1) is 6.54 Å². The fraction of sp³-hybridized carbons (Fsp3) is 0.500. The number of methoxy groups -OCH3 is 1. The SMILES string of the molecule is COCc1noc(CNC(=O)N(C)C(C)Cc2cc(C)ccn2)n1. The highest BCUT2D eigenvalue weighted by Crippen LogP contribution is 2.07. The summed E-state index contributed by atoms with van der Waals surface area (Å²) in [6.45, 7) is 4.45. The molecule has 0 aromatic carbocycles. The molecule has 2 rings (SSSR count). The third-order valence-electron chi connectivity index (χ3n) is 3.63. The highest BCUT2D eigenvalue weighted by molar-refractivity contribution is 5.74. The standard InChI is InChI=1S/C16H23N5O3/c1-11-5-6-17-13(7-11)8-12(2)21(3)16(22)18-9-15-19-14(10-23-4)20-24-15/h5-7,12H,8-10H2,1-4H3,(H,18,22). The minimum atomic E-state index is -0.207. The Morgan fingerprint density at radius 3 is 3.00 bits per heavy atom. The van der Waals surface area contributed by atoms with Crippen LogP contribution in [0.3, 0.4) is 0 Å². The largest absolute Gasteiger partial charge is 0.377 e. The number of aromatic nitrogens is 3. The second-order valence-electron chi connectivity index (χ2n) is 5.68. The monoisotopic (exact) mass is 333 g/mol. The van der Waals surface area contributed by atoms with Gasteiger partial charge in [0.15, 0.2) is 5.82 Å². The number of carbonyl (C=O) groups excluding carboxylic acids is 1. The number of aryl methyl sites for hydroxylation is 1. The summed E-state index contributed by atoms with van der Waals surface area (Å²) in [6, 6.07) is 3.78. The number of hydrogen-bond donors (Lipinski definition) is 1. The Hall–Kier alpha value is -2.48. The number of amides is 2. The van der Waals surface area contributed by atoms with Crippen molar-refractivity contribution in [2.24, 2.45) is 0 Å². The summed E-state index contributed by atoms with van der Waals surface area (Å²) >= 11 is 0. The number of carbonyl (C=O) groups is 1. The summed E-state index contributed by atoms with van der Waals surface area (Å²) in [5.41, 5.74) is 2.12. The van der Waals surface area contributed by atoms with Crippen molar-refractivity contribution in [3.8, 4) is 0 Å². The molecule has 0 aliphatic rings. The van der Waals surface area contributed by atoms with Crippen LogP contribution in [0.5, 0.6) is 0 Å². The molecule has 24 heavy (non-hydrogen) atoms. The van der Waals surface area contributed by atoms with E-state index < -0.39 is 0 Å². The van der Waals surface area contributed by atoms with Gasteiger partial charge in [-0.3, -0.25) is 4.98 Å². The lowest BCUT2D eigenvalue weighted by atomic mass is 10.1. The van der Waals surface area contributed by atoms with Crippen LogP contribution in [0.25, 0.3) is 0 Å². The Labute approximate surface area is 141 Å². The van der Waals surface area contributed by atoms with E-state index in [-0.39, 0.29) is 25.2 Å². The summed E-state index contributed by atoms with van der Waals surface area (Å²) in [7, 11) is 3.30. The van der Waals surface area contributed by atoms with Crippen LogP contribution in [0.1, 0.15) is 29.9 Å². The molecule has 2 aromatic rings. The van der Waals surface area contributed by atoms with Gasteiger partial charge in [-0.1, -0.05) is 5.16 Å². The molecule has 1 atom stereocenters. The first-order valence-corrected chi connectivity index (χ1v) is 7.72. The van der Waals surface area contributed by atoms with E-state index >= 15 is 0 Å². The molecule has 0 radical (unpaired) electrons. The van der Waals surface area contributed by atoms with Crippen LogP contribution in [-0.4, -0.2) is 46.3 Å². The van der Waals surface area contributed by atoms with Crippen LogP contribution in [0.4, 0.5) is 4.79 Å². The average molecular weight is 333 g/mol. The zero-order chi connectivity index (χ0) is 17.5. The molecule has 130 valence electrons. The van der Waals surface area contributed by atoms with Crippen molar-refractivity contribution in [1.82, 2.24) is 25.3 Å². The van der Waals surface area contributed by atoms with Gasteiger partial charge in [0.1, 0.15) is 6.61 Å². The fourth-order valence-corrected chi connectivity index (χ4v) is 2.18. The van der Waals surface area contributed by atoms with Gasteiger partial charge in [0, 0.05) is 38.5 Å². The van der Waals surface area contributed by atoms with Gasteiger partial charge >= 0.3 is 6.03 Å². The first-order valence-electron chi connectivity index (χ1n) is 7.72. The van der Waals surface area contributed by atoms with Crippen LogP contribution < -0.4 is 5.32 Å². The molecule has 0 bridgehead atoms.